The molecule has 0 bridgehead atoms. The summed E-state index contributed by atoms with van der Waals surface area (Å²) in [5, 5.41) is 16.0. The van der Waals surface area contributed by atoms with Crippen molar-refractivity contribution >= 4 is 16.1 Å². The largest absolute Gasteiger partial charge is 0.380 e. The van der Waals surface area contributed by atoms with E-state index in [0.29, 0.717) is 0 Å². The normalized spacial score (nSPS) is 23.1. The molecule has 0 heterocycles. The van der Waals surface area contributed by atoms with E-state index in [1.54, 1.807) is 13.8 Å². The molecule has 0 aromatic carbocycles. The van der Waals surface area contributed by atoms with Crippen LogP contribution >= 0.6 is 16.1 Å². The van der Waals surface area contributed by atoms with Crippen LogP contribution in [-0.4, -0.2) is 30.7 Å². The molecule has 0 saturated carbocycles. The maximum Gasteiger partial charge on any atom is 0.219 e. The number of hydrogen-bond acceptors (Lipinski definition) is 4. The van der Waals surface area contributed by atoms with E-state index in [4.69, 9.17) is 9.79 Å². The molecule has 6 nitrogen and oxygen atoms in total. The van der Waals surface area contributed by atoms with Crippen LogP contribution in [-0.2, 0) is 9.13 Å². The van der Waals surface area contributed by atoms with Crippen molar-refractivity contribution in [3.8, 4) is 0 Å². The standard InChI is InChI=1S/C8H20O6P2/c1-3-7(9,15(11)12)5-6-8(10,4-2)16(13)14/h9-10,15-16H,3-6H2,1-2H3,(H,11,12)(H,13,14). The summed E-state index contributed by atoms with van der Waals surface area (Å²) in [6.45, 7) is 3.09. The van der Waals surface area contributed by atoms with Crippen LogP contribution in [0.1, 0.15) is 39.5 Å². The van der Waals surface area contributed by atoms with Gasteiger partial charge in [0.2, 0.25) is 16.1 Å². The molecule has 0 radical (unpaired) electrons. The molecule has 0 aromatic rings. The Morgan fingerprint density at radius 1 is 0.875 bits per heavy atom. The Bertz CT molecular complexity index is 256. The van der Waals surface area contributed by atoms with E-state index in [2.05, 4.69) is 0 Å². The van der Waals surface area contributed by atoms with E-state index in [9.17, 15) is 19.3 Å². The summed E-state index contributed by atoms with van der Waals surface area (Å²) in [6.07, 6.45) is -0.209. The zero-order valence-electron chi connectivity index (χ0n) is 9.43. The first-order valence-electron chi connectivity index (χ1n) is 5.13. The third-order valence-electron chi connectivity index (χ3n) is 2.92. The summed E-state index contributed by atoms with van der Waals surface area (Å²) in [6, 6.07) is 0. The lowest BCUT2D eigenvalue weighted by Gasteiger charge is -2.29. The van der Waals surface area contributed by atoms with Crippen LogP contribution in [0.5, 0.6) is 0 Å². The topological polar surface area (TPSA) is 115 Å². The van der Waals surface area contributed by atoms with E-state index in [0.717, 1.165) is 0 Å². The van der Waals surface area contributed by atoms with Gasteiger partial charge in [0.1, 0.15) is 10.7 Å². The van der Waals surface area contributed by atoms with E-state index in [1.165, 1.54) is 0 Å². The molecule has 0 aliphatic carbocycles. The van der Waals surface area contributed by atoms with Crippen LogP contribution in [0.25, 0.3) is 0 Å². The summed E-state index contributed by atoms with van der Waals surface area (Å²) >= 11 is 0. The summed E-state index contributed by atoms with van der Waals surface area (Å²) < 4.78 is 21.9. The van der Waals surface area contributed by atoms with Crippen molar-refractivity contribution in [3.05, 3.63) is 0 Å². The van der Waals surface area contributed by atoms with Gasteiger partial charge in [0, 0.05) is 0 Å². The van der Waals surface area contributed by atoms with Gasteiger partial charge in [0.25, 0.3) is 0 Å². The van der Waals surface area contributed by atoms with Crippen LogP contribution in [0, 0.1) is 0 Å². The minimum Gasteiger partial charge on any atom is -0.380 e. The number of rotatable bonds is 7. The van der Waals surface area contributed by atoms with E-state index < -0.39 is 26.7 Å². The highest BCUT2D eigenvalue weighted by Gasteiger charge is 2.37. The van der Waals surface area contributed by atoms with Crippen molar-refractivity contribution in [1.29, 1.82) is 0 Å². The van der Waals surface area contributed by atoms with E-state index in [-0.39, 0.29) is 25.7 Å². The zero-order valence-corrected chi connectivity index (χ0v) is 11.4. The van der Waals surface area contributed by atoms with Crippen LogP contribution < -0.4 is 0 Å². The second kappa shape index (κ2) is 6.29. The van der Waals surface area contributed by atoms with Gasteiger partial charge in [0.15, 0.2) is 0 Å². The number of hydrogen-bond donors (Lipinski definition) is 4. The van der Waals surface area contributed by atoms with Gasteiger partial charge in [-0.3, -0.25) is 9.13 Å². The lowest BCUT2D eigenvalue weighted by molar-refractivity contribution is 0.0515. The molecule has 4 unspecified atom stereocenters. The van der Waals surface area contributed by atoms with Gasteiger partial charge in [0.05, 0.1) is 0 Å². The molecular formula is C8H20O6P2. The molecule has 16 heavy (non-hydrogen) atoms. The van der Waals surface area contributed by atoms with Gasteiger partial charge in [-0.15, -0.1) is 0 Å². The third-order valence-corrected chi connectivity index (χ3v) is 5.72. The highest BCUT2D eigenvalue weighted by atomic mass is 31.1. The van der Waals surface area contributed by atoms with Crippen LogP contribution in [0.3, 0.4) is 0 Å². The highest BCUT2D eigenvalue weighted by molar-refractivity contribution is 7.40. The van der Waals surface area contributed by atoms with Crippen LogP contribution in [0.2, 0.25) is 0 Å². The maximum absolute atomic E-state index is 10.9. The van der Waals surface area contributed by atoms with Gasteiger partial charge in [-0.1, -0.05) is 13.8 Å². The number of aliphatic hydroxyl groups is 2. The van der Waals surface area contributed by atoms with Gasteiger partial charge >= 0.3 is 0 Å². The van der Waals surface area contributed by atoms with Gasteiger partial charge in [-0.05, 0) is 25.7 Å². The van der Waals surface area contributed by atoms with E-state index in [1.807, 2.05) is 0 Å². The summed E-state index contributed by atoms with van der Waals surface area (Å²) in [7, 11) is -6.31. The Balaban J connectivity index is 4.64. The molecule has 0 amide bonds. The second-order valence-corrected chi connectivity index (χ2v) is 6.96. The SMILES string of the molecule is CCC(O)(CCC(O)(CC)[PH](=O)O)[PH](=O)O. The van der Waals surface area contributed by atoms with Crippen molar-refractivity contribution in [2.75, 3.05) is 0 Å². The molecule has 4 N–H and O–H groups in total. The Morgan fingerprint density at radius 2 is 1.12 bits per heavy atom. The first kappa shape index (κ1) is 16.3. The Hall–Kier alpha value is 0.300. The summed E-state index contributed by atoms with van der Waals surface area (Å²) in [5.41, 5.74) is 0. The fourth-order valence-electron chi connectivity index (χ4n) is 1.28. The fourth-order valence-corrected chi connectivity index (χ4v) is 2.57. The van der Waals surface area contributed by atoms with Gasteiger partial charge in [-0.25, -0.2) is 0 Å². The van der Waals surface area contributed by atoms with Crippen molar-refractivity contribution < 1.29 is 29.1 Å². The molecule has 0 aromatic heterocycles. The monoisotopic (exact) mass is 274 g/mol. The fraction of sp³-hybridized carbons (Fsp3) is 1.00. The first-order valence-corrected chi connectivity index (χ1v) is 7.84. The van der Waals surface area contributed by atoms with Crippen LogP contribution in [0.4, 0.5) is 0 Å². The second-order valence-electron chi connectivity index (χ2n) is 3.88. The highest BCUT2D eigenvalue weighted by Crippen LogP contribution is 2.45. The van der Waals surface area contributed by atoms with Crippen molar-refractivity contribution in [1.82, 2.24) is 0 Å². The first-order chi connectivity index (χ1) is 7.22. The van der Waals surface area contributed by atoms with Gasteiger partial charge < -0.3 is 20.0 Å². The minimum absolute atomic E-state index is 0.0629. The quantitative estimate of drug-likeness (QED) is 0.513. The Kier molecular flexibility index (Phi) is 6.41. The van der Waals surface area contributed by atoms with E-state index >= 15 is 0 Å². The average Bonchev–Trinajstić information content (AvgIpc) is 2.24. The molecule has 0 saturated heterocycles. The minimum atomic E-state index is -3.16. The predicted octanol–water partition coefficient (Wildman–Crippen LogP) is 0.898. The molecule has 0 aliphatic heterocycles. The summed E-state index contributed by atoms with van der Waals surface area (Å²) in [4.78, 5) is 17.9. The molecule has 0 fully saturated rings. The molecule has 0 spiro atoms. The molecule has 0 aliphatic rings. The smallest absolute Gasteiger partial charge is 0.219 e. The van der Waals surface area contributed by atoms with Gasteiger partial charge in [-0.2, -0.15) is 0 Å². The Labute approximate surface area is 96.1 Å². The Morgan fingerprint density at radius 3 is 1.25 bits per heavy atom. The lowest BCUT2D eigenvalue weighted by Crippen LogP contribution is -2.30. The third kappa shape index (κ3) is 3.95. The molecule has 98 valence electrons. The average molecular weight is 274 g/mol. The van der Waals surface area contributed by atoms with Crippen molar-refractivity contribution in [2.45, 2.75) is 50.2 Å². The van der Waals surface area contributed by atoms with Crippen LogP contribution in [0.15, 0.2) is 0 Å². The predicted molar refractivity (Wildman–Crippen MR) is 62.2 cm³/mol. The lowest BCUT2D eigenvalue weighted by atomic mass is 10.1. The zero-order chi connectivity index (χ0) is 13.0. The molecular weight excluding hydrogens is 254 g/mol. The molecule has 0 rings (SSSR count). The maximum atomic E-state index is 10.9. The van der Waals surface area contributed by atoms with Crippen molar-refractivity contribution in [2.24, 2.45) is 0 Å². The summed E-state index contributed by atoms with van der Waals surface area (Å²) in [5.74, 6) is 0. The van der Waals surface area contributed by atoms with Crippen molar-refractivity contribution in [3.63, 3.8) is 0 Å². The molecule has 4 atom stereocenters. The molecule has 8 heteroatoms.